The molecule has 0 heterocycles. The van der Waals surface area contributed by atoms with Crippen LogP contribution in [-0.4, -0.2) is 52.0 Å². The summed E-state index contributed by atoms with van der Waals surface area (Å²) in [7, 11) is 1.61. The Morgan fingerprint density at radius 1 is 1.38 bits per heavy atom. The normalized spacial score (nSPS) is 12.4. The zero-order chi connectivity index (χ0) is 12.2. The Labute approximate surface area is 97.9 Å². The molecule has 0 aliphatic carbocycles. The number of rotatable bonds is 10. The van der Waals surface area contributed by atoms with Crippen LogP contribution in [0.1, 0.15) is 20.3 Å². The molecule has 0 bridgehead atoms. The van der Waals surface area contributed by atoms with Crippen molar-refractivity contribution in [2.45, 2.75) is 26.3 Å². The van der Waals surface area contributed by atoms with E-state index in [4.69, 9.17) is 9.47 Å². The van der Waals surface area contributed by atoms with Crippen molar-refractivity contribution in [3.63, 3.8) is 0 Å². The molecule has 0 fully saturated rings. The van der Waals surface area contributed by atoms with Gasteiger partial charge in [-0.1, -0.05) is 6.92 Å². The summed E-state index contributed by atoms with van der Waals surface area (Å²) in [6.07, 6.45) is 1.11. The minimum Gasteiger partial charge on any atom is -0.383 e. The molecule has 0 spiro atoms. The van der Waals surface area contributed by atoms with Gasteiger partial charge in [0.05, 0.1) is 13.2 Å². The van der Waals surface area contributed by atoms with Crippen molar-refractivity contribution in [3.8, 4) is 0 Å². The van der Waals surface area contributed by atoms with Crippen LogP contribution in [0, 0.1) is 0 Å². The highest BCUT2D eigenvalue weighted by atomic mass is 16.5. The van der Waals surface area contributed by atoms with E-state index in [-0.39, 0.29) is 18.6 Å². The Hall–Kier alpha value is -0.650. The number of methoxy groups -OCH3 is 1. The zero-order valence-corrected chi connectivity index (χ0v) is 10.5. The fourth-order valence-electron chi connectivity index (χ4n) is 1.22. The lowest BCUT2D eigenvalue weighted by molar-refractivity contribution is -0.126. The minimum atomic E-state index is -0.0972. The quantitative estimate of drug-likeness (QED) is 0.527. The van der Waals surface area contributed by atoms with Crippen LogP contribution in [0.25, 0.3) is 0 Å². The van der Waals surface area contributed by atoms with Gasteiger partial charge in [0.15, 0.2) is 0 Å². The van der Waals surface area contributed by atoms with Gasteiger partial charge in [0.25, 0.3) is 0 Å². The first-order chi connectivity index (χ1) is 7.70. The van der Waals surface area contributed by atoms with Crippen LogP contribution >= 0.6 is 0 Å². The van der Waals surface area contributed by atoms with Crippen LogP contribution in [0.15, 0.2) is 0 Å². The molecule has 5 heteroatoms. The molecule has 16 heavy (non-hydrogen) atoms. The Morgan fingerprint density at radius 2 is 2.12 bits per heavy atom. The van der Waals surface area contributed by atoms with Gasteiger partial charge in [-0.2, -0.15) is 0 Å². The first-order valence-electron chi connectivity index (χ1n) is 5.77. The van der Waals surface area contributed by atoms with Crippen LogP contribution < -0.4 is 10.6 Å². The summed E-state index contributed by atoms with van der Waals surface area (Å²) in [4.78, 5) is 11.3. The third-order valence-electron chi connectivity index (χ3n) is 1.91. The molecule has 0 rings (SSSR count). The van der Waals surface area contributed by atoms with Crippen LogP contribution in [-0.2, 0) is 14.3 Å². The van der Waals surface area contributed by atoms with Gasteiger partial charge in [-0.3, -0.25) is 4.79 Å². The lowest BCUT2D eigenvalue weighted by Gasteiger charge is -2.12. The van der Waals surface area contributed by atoms with Crippen molar-refractivity contribution in [2.75, 3.05) is 40.0 Å². The second-order valence-electron chi connectivity index (χ2n) is 3.73. The summed E-state index contributed by atoms with van der Waals surface area (Å²) >= 11 is 0. The predicted molar refractivity (Wildman–Crippen MR) is 63.5 cm³/mol. The first-order valence-corrected chi connectivity index (χ1v) is 5.77. The highest BCUT2D eigenvalue weighted by Gasteiger charge is 2.06. The van der Waals surface area contributed by atoms with Gasteiger partial charge >= 0.3 is 0 Å². The van der Waals surface area contributed by atoms with Crippen molar-refractivity contribution in [3.05, 3.63) is 0 Å². The summed E-state index contributed by atoms with van der Waals surface area (Å²) in [6, 6.07) is 0.0271. The largest absolute Gasteiger partial charge is 0.383 e. The molecule has 1 unspecified atom stereocenters. The Kier molecular flexibility index (Phi) is 10.4. The van der Waals surface area contributed by atoms with E-state index < -0.39 is 0 Å². The van der Waals surface area contributed by atoms with Crippen LogP contribution in [0.4, 0.5) is 0 Å². The monoisotopic (exact) mass is 232 g/mol. The number of amides is 1. The Morgan fingerprint density at radius 3 is 2.75 bits per heavy atom. The van der Waals surface area contributed by atoms with E-state index in [0.717, 1.165) is 19.5 Å². The number of carbonyl (C=O) groups is 1. The highest BCUT2D eigenvalue weighted by Crippen LogP contribution is 1.83. The summed E-state index contributed by atoms with van der Waals surface area (Å²) in [5, 5.41) is 5.97. The van der Waals surface area contributed by atoms with Crippen molar-refractivity contribution in [2.24, 2.45) is 0 Å². The van der Waals surface area contributed by atoms with E-state index in [0.29, 0.717) is 13.2 Å². The van der Waals surface area contributed by atoms with Crippen LogP contribution in [0.3, 0.4) is 0 Å². The molecule has 0 saturated carbocycles. The van der Waals surface area contributed by atoms with E-state index in [1.807, 2.05) is 6.92 Å². The zero-order valence-electron chi connectivity index (χ0n) is 10.5. The molecule has 1 atom stereocenters. The van der Waals surface area contributed by atoms with E-state index >= 15 is 0 Å². The maximum Gasteiger partial charge on any atom is 0.246 e. The molecule has 96 valence electrons. The SMILES string of the molecule is CCCNCCOCC(=O)NC(C)COC. The third-order valence-corrected chi connectivity index (χ3v) is 1.91. The molecular formula is C11H24N2O3. The van der Waals surface area contributed by atoms with E-state index in [2.05, 4.69) is 17.6 Å². The maximum absolute atomic E-state index is 11.3. The van der Waals surface area contributed by atoms with Gasteiger partial charge in [-0.15, -0.1) is 0 Å². The van der Waals surface area contributed by atoms with Gasteiger partial charge < -0.3 is 20.1 Å². The molecule has 2 N–H and O–H groups in total. The van der Waals surface area contributed by atoms with Gasteiger partial charge in [0.2, 0.25) is 5.91 Å². The molecule has 0 aromatic heterocycles. The molecule has 0 radical (unpaired) electrons. The number of carbonyl (C=O) groups excluding carboxylic acids is 1. The van der Waals surface area contributed by atoms with Gasteiger partial charge in [-0.25, -0.2) is 0 Å². The Bertz CT molecular complexity index is 177. The van der Waals surface area contributed by atoms with Gasteiger partial charge in [-0.05, 0) is 19.9 Å². The van der Waals surface area contributed by atoms with Crippen LogP contribution in [0.2, 0.25) is 0 Å². The van der Waals surface area contributed by atoms with Crippen molar-refractivity contribution >= 4 is 5.91 Å². The van der Waals surface area contributed by atoms with Crippen LogP contribution in [0.5, 0.6) is 0 Å². The average Bonchev–Trinajstić information content (AvgIpc) is 2.23. The number of ether oxygens (including phenoxy) is 2. The lowest BCUT2D eigenvalue weighted by Crippen LogP contribution is -2.38. The molecule has 5 nitrogen and oxygen atoms in total. The van der Waals surface area contributed by atoms with Gasteiger partial charge in [0.1, 0.15) is 6.61 Å². The second-order valence-corrected chi connectivity index (χ2v) is 3.73. The molecule has 1 amide bonds. The molecule has 0 saturated heterocycles. The van der Waals surface area contributed by atoms with Gasteiger partial charge in [0, 0.05) is 19.7 Å². The van der Waals surface area contributed by atoms with Crippen molar-refractivity contribution < 1.29 is 14.3 Å². The summed E-state index contributed by atoms with van der Waals surface area (Å²) in [5.74, 6) is -0.0972. The Balaban J connectivity index is 3.30. The topological polar surface area (TPSA) is 59.6 Å². The summed E-state index contributed by atoms with van der Waals surface area (Å²) in [6.45, 7) is 6.97. The predicted octanol–water partition coefficient (Wildman–Crippen LogP) is 0.154. The number of hydrogen-bond acceptors (Lipinski definition) is 4. The number of nitrogens with one attached hydrogen (secondary N) is 2. The average molecular weight is 232 g/mol. The number of hydrogen-bond donors (Lipinski definition) is 2. The van der Waals surface area contributed by atoms with Crippen molar-refractivity contribution in [1.29, 1.82) is 0 Å². The van der Waals surface area contributed by atoms with E-state index in [1.165, 1.54) is 0 Å². The van der Waals surface area contributed by atoms with E-state index in [1.54, 1.807) is 7.11 Å². The second kappa shape index (κ2) is 10.9. The minimum absolute atomic E-state index is 0.0271. The fourth-order valence-corrected chi connectivity index (χ4v) is 1.22. The lowest BCUT2D eigenvalue weighted by atomic mass is 10.3. The first kappa shape index (κ1) is 15.3. The van der Waals surface area contributed by atoms with Crippen molar-refractivity contribution in [1.82, 2.24) is 10.6 Å². The van der Waals surface area contributed by atoms with E-state index in [9.17, 15) is 4.79 Å². The molecule has 0 aliphatic heterocycles. The summed E-state index contributed by atoms with van der Waals surface area (Å²) in [5.41, 5.74) is 0. The summed E-state index contributed by atoms with van der Waals surface area (Å²) < 4.78 is 10.1. The molecule has 0 aliphatic rings. The molecular weight excluding hydrogens is 208 g/mol. The highest BCUT2D eigenvalue weighted by molar-refractivity contribution is 5.77. The standard InChI is InChI=1S/C11H24N2O3/c1-4-5-12-6-7-16-9-11(14)13-10(2)8-15-3/h10,12H,4-9H2,1-3H3,(H,13,14). The maximum atomic E-state index is 11.3. The molecule has 0 aromatic carbocycles. The fraction of sp³-hybridized carbons (Fsp3) is 0.909. The smallest absolute Gasteiger partial charge is 0.246 e. The third kappa shape index (κ3) is 9.89. The molecule has 0 aromatic rings.